The Bertz CT molecular complexity index is 993. The fourth-order valence-corrected chi connectivity index (χ4v) is 3.56. The minimum atomic E-state index is -0.162. The molecule has 0 fully saturated rings. The summed E-state index contributed by atoms with van der Waals surface area (Å²) in [6.07, 6.45) is 0. The molecule has 122 valence electrons. The SMILES string of the molecule is CC1=NCc2cc3cc(C(C)C)n(-c4ccc(F)c(C)c4)c3cc21. The van der Waals surface area contributed by atoms with Crippen molar-refractivity contribution in [2.75, 3.05) is 0 Å². The molecule has 2 aromatic carbocycles. The van der Waals surface area contributed by atoms with Gasteiger partial charge in [-0.1, -0.05) is 13.8 Å². The Morgan fingerprint density at radius 3 is 2.58 bits per heavy atom. The molecule has 0 bridgehead atoms. The van der Waals surface area contributed by atoms with Gasteiger partial charge in [-0.15, -0.1) is 0 Å². The molecule has 3 aromatic rings. The van der Waals surface area contributed by atoms with Gasteiger partial charge in [0.2, 0.25) is 0 Å². The molecule has 3 heteroatoms. The van der Waals surface area contributed by atoms with Crippen molar-refractivity contribution in [2.45, 2.75) is 40.2 Å². The summed E-state index contributed by atoms with van der Waals surface area (Å²) in [6.45, 7) is 9.04. The Kier molecular flexibility index (Phi) is 3.34. The van der Waals surface area contributed by atoms with Crippen molar-refractivity contribution >= 4 is 16.6 Å². The number of aliphatic imine (C=N–C) groups is 1. The van der Waals surface area contributed by atoms with Gasteiger partial charge in [0.15, 0.2) is 0 Å². The van der Waals surface area contributed by atoms with Crippen molar-refractivity contribution in [1.82, 2.24) is 4.57 Å². The molecule has 0 saturated heterocycles. The maximum absolute atomic E-state index is 13.7. The van der Waals surface area contributed by atoms with E-state index in [1.807, 2.05) is 19.1 Å². The van der Waals surface area contributed by atoms with Crippen LogP contribution in [-0.2, 0) is 6.54 Å². The predicted molar refractivity (Wildman–Crippen MR) is 98.0 cm³/mol. The molecule has 0 atom stereocenters. The summed E-state index contributed by atoms with van der Waals surface area (Å²) in [5.41, 5.74) is 7.72. The van der Waals surface area contributed by atoms with E-state index in [0.29, 0.717) is 11.5 Å². The van der Waals surface area contributed by atoms with E-state index >= 15 is 0 Å². The Labute approximate surface area is 141 Å². The molecule has 2 nitrogen and oxygen atoms in total. The van der Waals surface area contributed by atoms with Crippen LogP contribution in [0, 0.1) is 12.7 Å². The first-order valence-electron chi connectivity index (χ1n) is 8.42. The van der Waals surface area contributed by atoms with E-state index in [9.17, 15) is 4.39 Å². The molecule has 0 radical (unpaired) electrons. The van der Waals surface area contributed by atoms with Crippen molar-refractivity contribution in [3.8, 4) is 5.69 Å². The number of hydrogen-bond donors (Lipinski definition) is 0. The van der Waals surface area contributed by atoms with Gasteiger partial charge in [0.05, 0.1) is 12.1 Å². The number of benzene rings is 2. The second-order valence-electron chi connectivity index (χ2n) is 6.96. The van der Waals surface area contributed by atoms with Crippen LogP contribution < -0.4 is 0 Å². The van der Waals surface area contributed by atoms with Gasteiger partial charge in [-0.05, 0) is 67.3 Å². The average molecular weight is 320 g/mol. The van der Waals surface area contributed by atoms with Crippen LogP contribution in [0.1, 0.15) is 49.1 Å². The number of aromatic nitrogens is 1. The Morgan fingerprint density at radius 2 is 1.88 bits per heavy atom. The first kappa shape index (κ1) is 15.1. The second-order valence-corrected chi connectivity index (χ2v) is 6.96. The van der Waals surface area contributed by atoms with Gasteiger partial charge >= 0.3 is 0 Å². The maximum atomic E-state index is 13.7. The summed E-state index contributed by atoms with van der Waals surface area (Å²) < 4.78 is 16.0. The van der Waals surface area contributed by atoms with Gasteiger partial charge in [0, 0.05) is 28.0 Å². The third-order valence-corrected chi connectivity index (χ3v) is 4.92. The van der Waals surface area contributed by atoms with Crippen LogP contribution in [0.5, 0.6) is 0 Å². The highest BCUT2D eigenvalue weighted by molar-refractivity contribution is 6.05. The molecule has 0 N–H and O–H groups in total. The summed E-state index contributed by atoms with van der Waals surface area (Å²) in [4.78, 5) is 4.55. The predicted octanol–water partition coefficient (Wildman–Crippen LogP) is 5.52. The van der Waals surface area contributed by atoms with Crippen LogP contribution in [0.2, 0.25) is 0 Å². The fraction of sp³-hybridized carbons (Fsp3) is 0.286. The van der Waals surface area contributed by atoms with Crippen LogP contribution in [0.15, 0.2) is 41.4 Å². The highest BCUT2D eigenvalue weighted by atomic mass is 19.1. The minimum Gasteiger partial charge on any atom is -0.313 e. The monoisotopic (exact) mass is 320 g/mol. The van der Waals surface area contributed by atoms with E-state index in [0.717, 1.165) is 17.9 Å². The molecular weight excluding hydrogens is 299 g/mol. The molecular formula is C21H21FN2. The molecule has 2 heterocycles. The number of aryl methyl sites for hydroxylation is 1. The van der Waals surface area contributed by atoms with Crippen molar-refractivity contribution in [3.05, 3.63) is 64.6 Å². The number of halogens is 1. The lowest BCUT2D eigenvalue weighted by atomic mass is 10.0. The maximum Gasteiger partial charge on any atom is 0.126 e. The zero-order chi connectivity index (χ0) is 17.0. The quantitative estimate of drug-likeness (QED) is 0.591. The highest BCUT2D eigenvalue weighted by Crippen LogP contribution is 2.33. The average Bonchev–Trinajstić information content (AvgIpc) is 3.09. The summed E-state index contributed by atoms with van der Waals surface area (Å²) in [5, 5.41) is 1.23. The van der Waals surface area contributed by atoms with Crippen LogP contribution in [0.4, 0.5) is 4.39 Å². The van der Waals surface area contributed by atoms with Crippen LogP contribution in [0.25, 0.3) is 16.6 Å². The third-order valence-electron chi connectivity index (χ3n) is 4.92. The third kappa shape index (κ3) is 2.19. The molecule has 0 aliphatic carbocycles. The van der Waals surface area contributed by atoms with Gasteiger partial charge in [0.1, 0.15) is 5.82 Å². The number of nitrogens with zero attached hydrogens (tertiary/aromatic N) is 2. The molecule has 4 rings (SSSR count). The number of fused-ring (bicyclic) bond motifs is 2. The van der Waals surface area contributed by atoms with E-state index < -0.39 is 0 Å². The first-order valence-corrected chi connectivity index (χ1v) is 8.42. The topological polar surface area (TPSA) is 17.3 Å². The lowest BCUT2D eigenvalue weighted by molar-refractivity contribution is 0.618. The molecule has 1 aromatic heterocycles. The van der Waals surface area contributed by atoms with Gasteiger partial charge in [-0.25, -0.2) is 4.39 Å². The van der Waals surface area contributed by atoms with Crippen molar-refractivity contribution in [2.24, 2.45) is 4.99 Å². The van der Waals surface area contributed by atoms with Crippen LogP contribution in [-0.4, -0.2) is 10.3 Å². The van der Waals surface area contributed by atoms with Gasteiger partial charge in [-0.3, -0.25) is 4.99 Å². The molecule has 0 amide bonds. The smallest absolute Gasteiger partial charge is 0.126 e. The molecule has 1 aliphatic rings. The van der Waals surface area contributed by atoms with E-state index in [1.54, 1.807) is 6.07 Å². The largest absolute Gasteiger partial charge is 0.313 e. The van der Waals surface area contributed by atoms with Crippen molar-refractivity contribution < 1.29 is 4.39 Å². The Hall–Kier alpha value is -2.42. The molecule has 0 saturated carbocycles. The van der Waals surface area contributed by atoms with Crippen LogP contribution in [0.3, 0.4) is 0 Å². The van der Waals surface area contributed by atoms with Gasteiger partial charge < -0.3 is 4.57 Å². The van der Waals surface area contributed by atoms with Gasteiger partial charge in [0.25, 0.3) is 0 Å². The Morgan fingerprint density at radius 1 is 1.08 bits per heavy atom. The highest BCUT2D eigenvalue weighted by Gasteiger charge is 2.19. The first-order chi connectivity index (χ1) is 11.5. The minimum absolute atomic E-state index is 0.162. The second kappa shape index (κ2) is 5.30. The fourth-order valence-electron chi connectivity index (χ4n) is 3.56. The molecule has 1 aliphatic heterocycles. The van der Waals surface area contributed by atoms with Crippen LogP contribution >= 0.6 is 0 Å². The molecule has 0 spiro atoms. The summed E-state index contributed by atoms with van der Waals surface area (Å²) >= 11 is 0. The van der Waals surface area contributed by atoms with E-state index in [4.69, 9.17) is 0 Å². The van der Waals surface area contributed by atoms with Gasteiger partial charge in [-0.2, -0.15) is 0 Å². The lowest BCUT2D eigenvalue weighted by Gasteiger charge is -2.15. The molecule has 0 unspecified atom stereocenters. The standard InChI is InChI=1S/C21H21FN2/c1-12(2)20-9-15-8-16-11-23-14(4)18(16)10-21(15)24(20)17-5-6-19(22)13(3)7-17/h5-10,12H,11H2,1-4H3. The summed E-state index contributed by atoms with van der Waals surface area (Å²) in [7, 11) is 0. The zero-order valence-electron chi connectivity index (χ0n) is 14.5. The number of hydrogen-bond acceptors (Lipinski definition) is 1. The normalized spacial score (nSPS) is 13.7. The summed E-state index contributed by atoms with van der Waals surface area (Å²) in [6, 6.07) is 12.1. The summed E-state index contributed by atoms with van der Waals surface area (Å²) in [5.74, 6) is 0.220. The zero-order valence-corrected chi connectivity index (χ0v) is 14.5. The van der Waals surface area contributed by atoms with E-state index in [2.05, 4.69) is 48.5 Å². The van der Waals surface area contributed by atoms with E-state index in [1.165, 1.54) is 27.7 Å². The van der Waals surface area contributed by atoms with E-state index in [-0.39, 0.29) is 5.82 Å². The Balaban J connectivity index is 2.04. The van der Waals surface area contributed by atoms with Crippen molar-refractivity contribution in [1.29, 1.82) is 0 Å². The number of rotatable bonds is 2. The lowest BCUT2D eigenvalue weighted by Crippen LogP contribution is -2.03. The van der Waals surface area contributed by atoms with Crippen molar-refractivity contribution in [3.63, 3.8) is 0 Å². The molecule has 24 heavy (non-hydrogen) atoms.